The number of rotatable bonds is 9. The van der Waals surface area contributed by atoms with E-state index in [1.54, 1.807) is 0 Å². The van der Waals surface area contributed by atoms with Crippen LogP contribution in [-0.2, 0) is 9.53 Å². The molecule has 3 N–H and O–H groups in total. The Morgan fingerprint density at radius 1 is 1.45 bits per heavy atom. The molecule has 1 rings (SSSR count). The second kappa shape index (κ2) is 7.99. The molecular weight excluding hydrogens is 252 g/mol. The van der Waals surface area contributed by atoms with Crippen molar-refractivity contribution in [2.75, 3.05) is 13.2 Å². The summed E-state index contributed by atoms with van der Waals surface area (Å²) < 4.78 is 5.86. The Morgan fingerprint density at radius 2 is 2.15 bits per heavy atom. The number of carbonyl (C=O) groups is 1. The third-order valence-corrected chi connectivity index (χ3v) is 4.74. The summed E-state index contributed by atoms with van der Waals surface area (Å²) in [5.74, 6) is 0.647. The fraction of sp³-hybridized carbons (Fsp3) is 0.938. The molecule has 20 heavy (non-hydrogen) atoms. The highest BCUT2D eigenvalue weighted by Crippen LogP contribution is 2.38. The Hall–Kier alpha value is -0.610. The average Bonchev–Trinajstić information content (AvgIpc) is 2.80. The van der Waals surface area contributed by atoms with E-state index in [-0.39, 0.29) is 12.0 Å². The van der Waals surface area contributed by atoms with Crippen LogP contribution in [0.1, 0.15) is 59.8 Å². The molecule has 0 aliphatic heterocycles. The second-order valence-corrected chi connectivity index (χ2v) is 6.46. The number of hydrogen-bond donors (Lipinski definition) is 2. The van der Waals surface area contributed by atoms with Crippen molar-refractivity contribution in [3.8, 4) is 0 Å². The molecule has 1 aliphatic carbocycles. The lowest BCUT2D eigenvalue weighted by Gasteiger charge is -2.34. The molecule has 0 saturated heterocycles. The van der Waals surface area contributed by atoms with E-state index in [0.29, 0.717) is 18.4 Å². The number of hydrogen-bond acceptors (Lipinski definition) is 3. The lowest BCUT2D eigenvalue weighted by Crippen LogP contribution is -2.58. The van der Waals surface area contributed by atoms with Gasteiger partial charge in [-0.05, 0) is 51.0 Å². The van der Waals surface area contributed by atoms with Crippen molar-refractivity contribution >= 4 is 5.91 Å². The maximum atomic E-state index is 12.0. The Kier molecular flexibility index (Phi) is 6.96. The van der Waals surface area contributed by atoms with Crippen LogP contribution in [0.25, 0.3) is 0 Å². The van der Waals surface area contributed by atoms with Crippen LogP contribution in [0.2, 0.25) is 0 Å². The number of amides is 1. The smallest absolute Gasteiger partial charge is 0.238 e. The largest absolute Gasteiger partial charge is 0.378 e. The highest BCUT2D eigenvalue weighted by atomic mass is 16.5. The van der Waals surface area contributed by atoms with Gasteiger partial charge in [-0.15, -0.1) is 0 Å². The van der Waals surface area contributed by atoms with Gasteiger partial charge in [0.25, 0.3) is 0 Å². The summed E-state index contributed by atoms with van der Waals surface area (Å²) in [6.07, 6.45) is 5.21. The van der Waals surface area contributed by atoms with Crippen LogP contribution in [0, 0.1) is 11.8 Å². The van der Waals surface area contributed by atoms with Gasteiger partial charge in [0.1, 0.15) is 5.54 Å². The maximum absolute atomic E-state index is 12.0. The minimum atomic E-state index is -0.500. The normalized spacial score (nSPS) is 27.9. The molecule has 0 aromatic carbocycles. The van der Waals surface area contributed by atoms with E-state index in [1.165, 1.54) is 0 Å². The van der Waals surface area contributed by atoms with Gasteiger partial charge in [-0.25, -0.2) is 0 Å². The number of carbonyl (C=O) groups excluding carboxylic acids is 1. The maximum Gasteiger partial charge on any atom is 0.238 e. The number of primary amides is 1. The molecule has 0 aromatic heterocycles. The third-order valence-electron chi connectivity index (χ3n) is 4.74. The van der Waals surface area contributed by atoms with Crippen LogP contribution >= 0.6 is 0 Å². The van der Waals surface area contributed by atoms with Gasteiger partial charge in [-0.1, -0.05) is 27.2 Å². The first-order valence-electron chi connectivity index (χ1n) is 8.10. The van der Waals surface area contributed by atoms with E-state index in [4.69, 9.17) is 10.5 Å². The van der Waals surface area contributed by atoms with Gasteiger partial charge in [0.15, 0.2) is 0 Å². The van der Waals surface area contributed by atoms with Gasteiger partial charge in [0.2, 0.25) is 5.91 Å². The molecule has 0 radical (unpaired) electrons. The summed E-state index contributed by atoms with van der Waals surface area (Å²) in [7, 11) is 0. The Bertz CT molecular complexity index is 307. The van der Waals surface area contributed by atoms with Gasteiger partial charge in [-0.3, -0.25) is 4.79 Å². The van der Waals surface area contributed by atoms with Crippen molar-refractivity contribution in [1.82, 2.24) is 5.32 Å². The molecule has 3 atom stereocenters. The Balaban J connectivity index is 2.55. The molecule has 0 heterocycles. The summed E-state index contributed by atoms with van der Waals surface area (Å²) in [6.45, 7) is 10.1. The van der Waals surface area contributed by atoms with Crippen molar-refractivity contribution in [3.05, 3.63) is 0 Å². The minimum Gasteiger partial charge on any atom is -0.378 e. The zero-order chi connectivity index (χ0) is 15.2. The molecule has 0 aromatic rings. The predicted molar refractivity (Wildman–Crippen MR) is 82.4 cm³/mol. The molecule has 0 bridgehead atoms. The molecule has 118 valence electrons. The first-order valence-corrected chi connectivity index (χ1v) is 8.10. The van der Waals surface area contributed by atoms with Crippen LogP contribution < -0.4 is 11.1 Å². The van der Waals surface area contributed by atoms with Crippen LogP contribution in [0.15, 0.2) is 0 Å². The predicted octanol–water partition coefficient (Wildman–Crippen LogP) is 2.46. The third kappa shape index (κ3) is 4.19. The quantitative estimate of drug-likeness (QED) is 0.683. The first kappa shape index (κ1) is 17.4. The standard InChI is InChI=1S/C16H32N2O2/c1-5-10-18-16(15(17)19)9-6-7-14(16)8-11-20-13(4)12(2)3/h12-14,18H,5-11H2,1-4H3,(H2,17,19). The van der Waals surface area contributed by atoms with E-state index in [2.05, 4.69) is 33.0 Å². The molecule has 1 aliphatic rings. The van der Waals surface area contributed by atoms with Crippen molar-refractivity contribution in [2.45, 2.75) is 71.4 Å². The summed E-state index contributed by atoms with van der Waals surface area (Å²) in [5.41, 5.74) is 5.20. The second-order valence-electron chi connectivity index (χ2n) is 6.46. The van der Waals surface area contributed by atoms with Crippen molar-refractivity contribution < 1.29 is 9.53 Å². The zero-order valence-corrected chi connectivity index (χ0v) is 13.6. The molecule has 1 fully saturated rings. The Morgan fingerprint density at radius 3 is 2.70 bits per heavy atom. The lowest BCUT2D eigenvalue weighted by atomic mass is 9.84. The summed E-state index contributed by atoms with van der Waals surface area (Å²) in [4.78, 5) is 12.0. The van der Waals surface area contributed by atoms with Gasteiger partial charge < -0.3 is 15.8 Å². The average molecular weight is 284 g/mol. The summed E-state index contributed by atoms with van der Waals surface area (Å²) in [6, 6.07) is 0. The van der Waals surface area contributed by atoms with E-state index in [1.807, 2.05) is 0 Å². The topological polar surface area (TPSA) is 64.3 Å². The molecule has 4 nitrogen and oxygen atoms in total. The highest BCUT2D eigenvalue weighted by molar-refractivity contribution is 5.85. The first-order chi connectivity index (χ1) is 9.44. The summed E-state index contributed by atoms with van der Waals surface area (Å²) >= 11 is 0. The number of nitrogens with two attached hydrogens (primary N) is 1. The molecule has 1 saturated carbocycles. The highest BCUT2D eigenvalue weighted by Gasteiger charge is 2.46. The van der Waals surface area contributed by atoms with E-state index in [9.17, 15) is 4.79 Å². The van der Waals surface area contributed by atoms with E-state index >= 15 is 0 Å². The monoisotopic (exact) mass is 284 g/mol. The molecular formula is C16H32N2O2. The van der Waals surface area contributed by atoms with Crippen molar-refractivity contribution in [3.63, 3.8) is 0 Å². The van der Waals surface area contributed by atoms with Crippen molar-refractivity contribution in [1.29, 1.82) is 0 Å². The van der Waals surface area contributed by atoms with Gasteiger partial charge in [0, 0.05) is 6.61 Å². The molecule has 0 spiro atoms. The van der Waals surface area contributed by atoms with Crippen LogP contribution in [0.4, 0.5) is 0 Å². The van der Waals surface area contributed by atoms with Crippen LogP contribution in [-0.4, -0.2) is 30.7 Å². The Labute approximate surface area is 123 Å². The van der Waals surface area contributed by atoms with E-state index < -0.39 is 5.54 Å². The fourth-order valence-electron chi connectivity index (χ4n) is 3.05. The van der Waals surface area contributed by atoms with Crippen molar-refractivity contribution in [2.24, 2.45) is 17.6 Å². The minimum absolute atomic E-state index is 0.189. The molecule has 4 heteroatoms. The fourth-order valence-corrected chi connectivity index (χ4v) is 3.05. The molecule has 3 unspecified atom stereocenters. The van der Waals surface area contributed by atoms with Gasteiger partial charge in [0.05, 0.1) is 6.10 Å². The molecule has 1 amide bonds. The van der Waals surface area contributed by atoms with Crippen LogP contribution in [0.3, 0.4) is 0 Å². The van der Waals surface area contributed by atoms with Crippen LogP contribution in [0.5, 0.6) is 0 Å². The SMILES string of the molecule is CCCNC1(C(N)=O)CCCC1CCOC(C)C(C)C. The number of ether oxygens (including phenoxy) is 1. The number of nitrogens with one attached hydrogen (secondary N) is 1. The zero-order valence-electron chi connectivity index (χ0n) is 13.6. The van der Waals surface area contributed by atoms with E-state index in [0.717, 1.165) is 38.6 Å². The lowest BCUT2D eigenvalue weighted by molar-refractivity contribution is -0.126. The van der Waals surface area contributed by atoms with Gasteiger partial charge >= 0.3 is 0 Å². The summed E-state index contributed by atoms with van der Waals surface area (Å²) in [5, 5.41) is 3.43. The van der Waals surface area contributed by atoms with Gasteiger partial charge in [-0.2, -0.15) is 0 Å².